The fourth-order valence-electron chi connectivity index (χ4n) is 2.31. The SMILES string of the molecule is CC(C)(C)OC=O.CN1CC(CCCN)CC1(C)C. The maximum atomic E-state index is 9.60. The summed E-state index contributed by atoms with van der Waals surface area (Å²) in [4.78, 5) is 12.1. The average molecular weight is 272 g/mol. The van der Waals surface area contributed by atoms with Crippen molar-refractivity contribution < 1.29 is 9.53 Å². The van der Waals surface area contributed by atoms with Crippen LogP contribution in [0.2, 0.25) is 0 Å². The van der Waals surface area contributed by atoms with E-state index in [-0.39, 0.29) is 5.60 Å². The van der Waals surface area contributed by atoms with Crippen LogP contribution in [0.3, 0.4) is 0 Å². The van der Waals surface area contributed by atoms with Crippen molar-refractivity contribution in [2.75, 3.05) is 20.1 Å². The predicted molar refractivity (Wildman–Crippen MR) is 80.0 cm³/mol. The summed E-state index contributed by atoms with van der Waals surface area (Å²) in [5, 5.41) is 0. The van der Waals surface area contributed by atoms with Crippen LogP contribution < -0.4 is 5.73 Å². The highest BCUT2D eigenvalue weighted by Crippen LogP contribution is 2.33. The van der Waals surface area contributed by atoms with Gasteiger partial charge >= 0.3 is 0 Å². The zero-order valence-electron chi connectivity index (χ0n) is 13.5. The molecule has 1 aliphatic rings. The second-order valence-electron chi connectivity index (χ2n) is 7.02. The van der Waals surface area contributed by atoms with Crippen LogP contribution in [0.25, 0.3) is 0 Å². The lowest BCUT2D eigenvalue weighted by Crippen LogP contribution is -2.34. The lowest BCUT2D eigenvalue weighted by atomic mass is 9.93. The topological polar surface area (TPSA) is 55.6 Å². The summed E-state index contributed by atoms with van der Waals surface area (Å²) < 4.78 is 4.55. The van der Waals surface area contributed by atoms with E-state index < -0.39 is 0 Å². The molecule has 1 fully saturated rings. The number of hydrogen-bond acceptors (Lipinski definition) is 4. The minimum absolute atomic E-state index is 0.318. The molecule has 4 nitrogen and oxygen atoms in total. The minimum atomic E-state index is -0.318. The summed E-state index contributed by atoms with van der Waals surface area (Å²) in [6.07, 6.45) is 3.84. The molecule has 1 rings (SSSR count). The van der Waals surface area contributed by atoms with Gasteiger partial charge in [-0.3, -0.25) is 4.79 Å². The van der Waals surface area contributed by atoms with Gasteiger partial charge in [0.05, 0.1) is 0 Å². The number of likely N-dealkylation sites (tertiary alicyclic amines) is 1. The Morgan fingerprint density at radius 2 is 2.00 bits per heavy atom. The molecule has 0 saturated carbocycles. The molecule has 0 spiro atoms. The third-order valence-electron chi connectivity index (χ3n) is 3.57. The molecule has 0 aromatic heterocycles. The number of hydrogen-bond donors (Lipinski definition) is 1. The van der Waals surface area contributed by atoms with Gasteiger partial charge in [0.25, 0.3) is 6.47 Å². The molecule has 0 aliphatic carbocycles. The standard InChI is InChI=1S/C10H22N2.C5H10O2/c1-10(2)7-9(5-4-6-11)8-12(10)3;1-5(2,3)7-4-6/h9H,4-8,11H2,1-3H3;4H,1-3H3. The van der Waals surface area contributed by atoms with Gasteiger partial charge in [-0.05, 0) is 73.4 Å². The molecular formula is C15H32N2O2. The second-order valence-corrected chi connectivity index (χ2v) is 7.02. The molecule has 1 atom stereocenters. The molecule has 0 amide bonds. The first-order chi connectivity index (χ1) is 8.62. The number of ether oxygens (including phenoxy) is 1. The van der Waals surface area contributed by atoms with E-state index in [1.54, 1.807) is 0 Å². The molecule has 19 heavy (non-hydrogen) atoms. The van der Waals surface area contributed by atoms with Crippen LogP contribution >= 0.6 is 0 Å². The van der Waals surface area contributed by atoms with Gasteiger partial charge in [0, 0.05) is 12.1 Å². The second kappa shape index (κ2) is 7.85. The Morgan fingerprint density at radius 3 is 2.26 bits per heavy atom. The largest absolute Gasteiger partial charge is 0.462 e. The van der Waals surface area contributed by atoms with E-state index in [0.29, 0.717) is 12.0 Å². The van der Waals surface area contributed by atoms with Crippen LogP contribution in [0, 0.1) is 5.92 Å². The maximum absolute atomic E-state index is 9.60. The number of nitrogens with zero attached hydrogens (tertiary/aromatic N) is 1. The molecule has 1 saturated heterocycles. The van der Waals surface area contributed by atoms with Crippen LogP contribution in [0.15, 0.2) is 0 Å². The Hall–Kier alpha value is -0.610. The van der Waals surface area contributed by atoms with Crippen molar-refractivity contribution in [3.8, 4) is 0 Å². The number of carbonyl (C=O) groups is 1. The van der Waals surface area contributed by atoms with Crippen LogP contribution in [-0.2, 0) is 9.53 Å². The molecule has 0 bridgehead atoms. The Balaban J connectivity index is 0.000000399. The van der Waals surface area contributed by atoms with Crippen LogP contribution in [0.5, 0.6) is 0 Å². The Labute approximate surface area is 118 Å². The maximum Gasteiger partial charge on any atom is 0.293 e. The molecule has 0 aromatic rings. The van der Waals surface area contributed by atoms with Gasteiger partial charge in [-0.25, -0.2) is 0 Å². The summed E-state index contributed by atoms with van der Waals surface area (Å²) in [7, 11) is 2.22. The average Bonchev–Trinajstić information content (AvgIpc) is 2.49. The Kier molecular flexibility index (Phi) is 7.60. The summed E-state index contributed by atoms with van der Waals surface area (Å²) in [6.45, 7) is 12.7. The molecule has 4 heteroatoms. The number of carbonyl (C=O) groups excluding carboxylic acids is 1. The van der Waals surface area contributed by atoms with E-state index in [4.69, 9.17) is 5.73 Å². The highest BCUT2D eigenvalue weighted by molar-refractivity contribution is 5.37. The first-order valence-corrected chi connectivity index (χ1v) is 7.15. The van der Waals surface area contributed by atoms with E-state index in [9.17, 15) is 4.79 Å². The molecule has 2 N–H and O–H groups in total. The Morgan fingerprint density at radius 1 is 1.42 bits per heavy atom. The van der Waals surface area contributed by atoms with E-state index in [2.05, 4.69) is 30.5 Å². The fraction of sp³-hybridized carbons (Fsp3) is 0.933. The summed E-state index contributed by atoms with van der Waals surface area (Å²) in [6, 6.07) is 0. The van der Waals surface area contributed by atoms with Crippen molar-refractivity contribution in [1.29, 1.82) is 0 Å². The van der Waals surface area contributed by atoms with Gasteiger partial charge in [-0.1, -0.05) is 0 Å². The first-order valence-electron chi connectivity index (χ1n) is 7.15. The predicted octanol–water partition coefficient (Wildman–Crippen LogP) is 2.41. The summed E-state index contributed by atoms with van der Waals surface area (Å²) in [5.41, 5.74) is 5.59. The zero-order chi connectivity index (χ0) is 15.1. The van der Waals surface area contributed by atoms with E-state index in [1.807, 2.05) is 20.8 Å². The van der Waals surface area contributed by atoms with Gasteiger partial charge in [-0.15, -0.1) is 0 Å². The van der Waals surface area contributed by atoms with Crippen molar-refractivity contribution in [2.45, 2.75) is 65.0 Å². The molecule has 114 valence electrons. The van der Waals surface area contributed by atoms with E-state index in [0.717, 1.165) is 12.5 Å². The zero-order valence-corrected chi connectivity index (χ0v) is 13.5. The molecular weight excluding hydrogens is 240 g/mol. The number of rotatable bonds is 4. The van der Waals surface area contributed by atoms with Crippen molar-refractivity contribution in [1.82, 2.24) is 4.90 Å². The van der Waals surface area contributed by atoms with Crippen LogP contribution in [-0.4, -0.2) is 42.6 Å². The molecule has 1 aliphatic heterocycles. The third-order valence-corrected chi connectivity index (χ3v) is 3.57. The summed E-state index contributed by atoms with van der Waals surface area (Å²) >= 11 is 0. The number of nitrogens with two attached hydrogens (primary N) is 1. The normalized spacial score (nSPS) is 22.6. The van der Waals surface area contributed by atoms with Crippen molar-refractivity contribution in [2.24, 2.45) is 11.7 Å². The lowest BCUT2D eigenvalue weighted by molar-refractivity contribution is -0.138. The highest BCUT2D eigenvalue weighted by atomic mass is 16.5. The van der Waals surface area contributed by atoms with Gasteiger partial charge in [0.2, 0.25) is 0 Å². The van der Waals surface area contributed by atoms with Gasteiger partial charge in [0.15, 0.2) is 0 Å². The monoisotopic (exact) mass is 272 g/mol. The lowest BCUT2D eigenvalue weighted by Gasteiger charge is -2.26. The third kappa shape index (κ3) is 8.22. The van der Waals surface area contributed by atoms with E-state index >= 15 is 0 Å². The molecule has 1 heterocycles. The van der Waals surface area contributed by atoms with Gasteiger partial charge in [-0.2, -0.15) is 0 Å². The van der Waals surface area contributed by atoms with Crippen molar-refractivity contribution in [3.05, 3.63) is 0 Å². The molecule has 0 aromatic carbocycles. The molecule has 0 radical (unpaired) electrons. The highest BCUT2D eigenvalue weighted by Gasteiger charge is 2.34. The molecule has 1 unspecified atom stereocenters. The van der Waals surface area contributed by atoms with Gasteiger partial charge < -0.3 is 15.4 Å². The fourth-order valence-corrected chi connectivity index (χ4v) is 2.31. The first kappa shape index (κ1) is 18.4. The smallest absolute Gasteiger partial charge is 0.293 e. The van der Waals surface area contributed by atoms with Crippen LogP contribution in [0.4, 0.5) is 0 Å². The van der Waals surface area contributed by atoms with Crippen molar-refractivity contribution in [3.63, 3.8) is 0 Å². The minimum Gasteiger partial charge on any atom is -0.462 e. The van der Waals surface area contributed by atoms with Crippen molar-refractivity contribution >= 4 is 6.47 Å². The Bertz CT molecular complexity index is 259. The van der Waals surface area contributed by atoms with Gasteiger partial charge in [0.1, 0.15) is 5.60 Å². The van der Waals surface area contributed by atoms with E-state index in [1.165, 1.54) is 25.8 Å². The summed E-state index contributed by atoms with van der Waals surface area (Å²) in [5.74, 6) is 0.883. The van der Waals surface area contributed by atoms with Crippen LogP contribution in [0.1, 0.15) is 53.9 Å². The quantitative estimate of drug-likeness (QED) is 0.799.